The maximum absolute atomic E-state index is 3.91. The third-order valence-electron chi connectivity index (χ3n) is 3.64. The molecule has 1 aliphatic rings. The lowest BCUT2D eigenvalue weighted by Crippen LogP contribution is -2.18. The van der Waals surface area contributed by atoms with E-state index >= 15 is 0 Å². The number of alkyl halides is 1. The minimum Gasteiger partial charge on any atom is -0.148 e. The maximum atomic E-state index is 3.91. The van der Waals surface area contributed by atoms with Crippen LogP contribution in [-0.2, 0) is 12.8 Å². The first-order valence-corrected chi connectivity index (χ1v) is 8.77. The second-order valence-corrected chi connectivity index (χ2v) is 7.73. The molecular formula is C15H14Br2S. The van der Waals surface area contributed by atoms with Gasteiger partial charge < -0.3 is 0 Å². The van der Waals surface area contributed by atoms with Crippen LogP contribution in [0.15, 0.2) is 40.2 Å². The Hall–Kier alpha value is -0.120. The largest absolute Gasteiger partial charge is 0.148 e. The number of halogens is 2. The highest BCUT2D eigenvalue weighted by Crippen LogP contribution is 2.42. The number of rotatable bonds is 2. The maximum Gasteiger partial charge on any atom is 0.0429 e. The molecule has 3 rings (SSSR count). The first-order chi connectivity index (χ1) is 8.74. The summed E-state index contributed by atoms with van der Waals surface area (Å²) in [4.78, 5) is 1.99. The van der Waals surface area contributed by atoms with E-state index in [1.807, 2.05) is 11.3 Å². The first kappa shape index (κ1) is 12.9. The zero-order valence-electron chi connectivity index (χ0n) is 9.90. The van der Waals surface area contributed by atoms with Gasteiger partial charge in [0.25, 0.3) is 0 Å². The van der Waals surface area contributed by atoms with Crippen molar-refractivity contribution in [2.45, 2.75) is 24.1 Å². The minimum atomic E-state index is 0.503. The summed E-state index contributed by atoms with van der Waals surface area (Å²) in [6, 6.07) is 11.1. The first-order valence-electron chi connectivity index (χ1n) is 6.19. The third kappa shape index (κ3) is 2.59. The summed E-state index contributed by atoms with van der Waals surface area (Å²) in [6.07, 6.45) is 3.68. The second-order valence-electron chi connectivity index (χ2n) is 4.83. The average molecular weight is 386 g/mol. The van der Waals surface area contributed by atoms with Gasteiger partial charge in [-0.1, -0.05) is 40.2 Å². The molecule has 18 heavy (non-hydrogen) atoms. The molecule has 0 fully saturated rings. The van der Waals surface area contributed by atoms with Crippen molar-refractivity contribution < 1.29 is 0 Å². The molecule has 0 nitrogen and oxygen atoms in total. The van der Waals surface area contributed by atoms with Crippen molar-refractivity contribution in [1.82, 2.24) is 0 Å². The smallest absolute Gasteiger partial charge is 0.0429 e. The van der Waals surface area contributed by atoms with Crippen LogP contribution in [-0.4, -0.2) is 0 Å². The van der Waals surface area contributed by atoms with Crippen LogP contribution in [0.2, 0.25) is 0 Å². The van der Waals surface area contributed by atoms with E-state index in [4.69, 9.17) is 0 Å². The van der Waals surface area contributed by atoms with Gasteiger partial charge in [-0.3, -0.25) is 0 Å². The van der Waals surface area contributed by atoms with Gasteiger partial charge in [0.05, 0.1) is 0 Å². The van der Waals surface area contributed by atoms with Crippen LogP contribution >= 0.6 is 43.2 Å². The molecule has 3 heteroatoms. The molecule has 1 aromatic heterocycles. The Kier molecular flexibility index (Phi) is 3.92. The number of hydrogen-bond acceptors (Lipinski definition) is 1. The summed E-state index contributed by atoms with van der Waals surface area (Å²) < 4.78 is 1.21. The Bertz CT molecular complexity index is 547. The zero-order valence-corrected chi connectivity index (χ0v) is 13.9. The molecule has 0 amide bonds. The average Bonchev–Trinajstić information content (AvgIpc) is 2.79. The van der Waals surface area contributed by atoms with Crippen LogP contribution in [0.3, 0.4) is 0 Å². The number of fused-ring (bicyclic) bond motifs is 1. The van der Waals surface area contributed by atoms with Crippen molar-refractivity contribution in [2.75, 3.05) is 0 Å². The molecule has 94 valence electrons. The monoisotopic (exact) mass is 384 g/mol. The Morgan fingerprint density at radius 1 is 1.28 bits per heavy atom. The highest BCUT2D eigenvalue weighted by molar-refractivity contribution is 9.10. The molecule has 0 aliphatic heterocycles. The van der Waals surface area contributed by atoms with E-state index in [0.29, 0.717) is 10.7 Å². The molecular weight excluding hydrogens is 372 g/mol. The van der Waals surface area contributed by atoms with Crippen molar-refractivity contribution in [3.8, 4) is 0 Å². The molecule has 2 unspecified atom stereocenters. The van der Waals surface area contributed by atoms with Crippen LogP contribution in [0.4, 0.5) is 0 Å². The van der Waals surface area contributed by atoms with Crippen molar-refractivity contribution in [3.63, 3.8) is 0 Å². The van der Waals surface area contributed by atoms with Crippen molar-refractivity contribution >= 4 is 43.2 Å². The van der Waals surface area contributed by atoms with Gasteiger partial charge in [-0.25, -0.2) is 0 Å². The SMILES string of the molecule is Brc1csc(CC2CCc3ccccc3C2Br)c1. The third-order valence-corrected chi connectivity index (χ3v) is 6.60. The van der Waals surface area contributed by atoms with Gasteiger partial charge in [-0.15, -0.1) is 11.3 Å². The Balaban J connectivity index is 1.80. The molecule has 0 saturated heterocycles. The highest BCUT2D eigenvalue weighted by atomic mass is 79.9. The van der Waals surface area contributed by atoms with Gasteiger partial charge in [-0.05, 0) is 58.3 Å². The van der Waals surface area contributed by atoms with E-state index in [-0.39, 0.29) is 0 Å². The molecule has 1 heterocycles. The minimum absolute atomic E-state index is 0.503. The Morgan fingerprint density at radius 2 is 2.11 bits per heavy atom. The van der Waals surface area contributed by atoms with Crippen LogP contribution in [0, 0.1) is 5.92 Å². The van der Waals surface area contributed by atoms with E-state index in [1.54, 1.807) is 0 Å². The lowest BCUT2D eigenvalue weighted by molar-refractivity contribution is 0.455. The standard InChI is InChI=1S/C15H14Br2S/c16-12-8-13(18-9-12)7-11-6-5-10-3-1-2-4-14(10)15(11)17/h1-4,8-9,11,15H,5-7H2. The Labute approximate surface area is 129 Å². The normalized spacial score (nSPS) is 22.8. The van der Waals surface area contributed by atoms with Gasteiger partial charge in [-0.2, -0.15) is 0 Å². The predicted molar refractivity (Wildman–Crippen MR) is 85.6 cm³/mol. The molecule has 0 spiro atoms. The summed E-state index contributed by atoms with van der Waals surface area (Å²) in [5.74, 6) is 0.713. The highest BCUT2D eigenvalue weighted by Gasteiger charge is 2.27. The van der Waals surface area contributed by atoms with Crippen LogP contribution < -0.4 is 0 Å². The fourth-order valence-electron chi connectivity index (χ4n) is 2.70. The van der Waals surface area contributed by atoms with E-state index in [1.165, 1.54) is 39.7 Å². The topological polar surface area (TPSA) is 0 Å². The van der Waals surface area contributed by atoms with Gasteiger partial charge >= 0.3 is 0 Å². The summed E-state index contributed by atoms with van der Waals surface area (Å²) in [5, 5.41) is 2.18. The van der Waals surface area contributed by atoms with Gasteiger partial charge in [0.15, 0.2) is 0 Å². The number of aryl methyl sites for hydroxylation is 1. The summed E-state index contributed by atoms with van der Waals surface area (Å²) in [5.41, 5.74) is 3.01. The fraction of sp³-hybridized carbons (Fsp3) is 0.333. The van der Waals surface area contributed by atoms with Crippen LogP contribution in [0.5, 0.6) is 0 Å². The zero-order chi connectivity index (χ0) is 12.5. The van der Waals surface area contributed by atoms with Crippen molar-refractivity contribution in [3.05, 3.63) is 56.2 Å². The Morgan fingerprint density at radius 3 is 2.89 bits per heavy atom. The lowest BCUT2D eigenvalue weighted by Gasteiger charge is -2.29. The summed E-state index contributed by atoms with van der Waals surface area (Å²) in [6.45, 7) is 0. The second kappa shape index (κ2) is 5.48. The summed E-state index contributed by atoms with van der Waals surface area (Å²) in [7, 11) is 0. The van der Waals surface area contributed by atoms with Gasteiger partial charge in [0, 0.05) is 19.6 Å². The lowest BCUT2D eigenvalue weighted by atomic mass is 9.82. The van der Waals surface area contributed by atoms with Crippen LogP contribution in [0.25, 0.3) is 0 Å². The molecule has 0 N–H and O–H groups in total. The van der Waals surface area contributed by atoms with E-state index in [2.05, 4.69) is 67.6 Å². The molecule has 2 atom stereocenters. The predicted octanol–water partition coefficient (Wildman–Crippen LogP) is 5.75. The van der Waals surface area contributed by atoms with Crippen LogP contribution in [0.1, 0.15) is 27.3 Å². The van der Waals surface area contributed by atoms with E-state index in [0.717, 1.165) is 0 Å². The summed E-state index contributed by atoms with van der Waals surface area (Å²) >= 11 is 9.31. The van der Waals surface area contributed by atoms with E-state index in [9.17, 15) is 0 Å². The van der Waals surface area contributed by atoms with Crippen molar-refractivity contribution in [1.29, 1.82) is 0 Å². The van der Waals surface area contributed by atoms with Gasteiger partial charge in [0.2, 0.25) is 0 Å². The molecule has 0 saturated carbocycles. The molecule has 0 bridgehead atoms. The number of benzene rings is 1. The van der Waals surface area contributed by atoms with Crippen molar-refractivity contribution in [2.24, 2.45) is 5.92 Å². The van der Waals surface area contributed by atoms with E-state index < -0.39 is 0 Å². The quantitative estimate of drug-likeness (QED) is 0.577. The fourth-order valence-corrected chi connectivity index (χ4v) is 5.14. The number of thiophene rings is 1. The number of hydrogen-bond donors (Lipinski definition) is 0. The van der Waals surface area contributed by atoms with Gasteiger partial charge in [0.1, 0.15) is 0 Å². The molecule has 1 aliphatic carbocycles. The molecule has 0 radical (unpaired) electrons. The molecule has 1 aromatic carbocycles. The molecule has 2 aromatic rings.